The zero-order chi connectivity index (χ0) is 18.6. The highest BCUT2D eigenvalue weighted by molar-refractivity contribution is 5.77. The fourth-order valence-corrected chi connectivity index (χ4v) is 2.70. The van der Waals surface area contributed by atoms with Gasteiger partial charge in [0.2, 0.25) is 0 Å². The Morgan fingerprint density at radius 1 is 1.08 bits per heavy atom. The normalized spacial score (nSPS) is 11.6. The summed E-state index contributed by atoms with van der Waals surface area (Å²) < 4.78 is 5.16. The summed E-state index contributed by atoms with van der Waals surface area (Å²) in [4.78, 5) is 6.70. The summed E-state index contributed by atoms with van der Waals surface area (Å²) in [5.41, 5.74) is 8.51. The first-order valence-corrected chi connectivity index (χ1v) is 9.06. The van der Waals surface area contributed by atoms with E-state index < -0.39 is 0 Å². The molecule has 0 unspecified atom stereocenters. The molecular weight excluding hydrogens is 324 g/mol. The number of nitrogens with zero attached hydrogens (tertiary/aromatic N) is 2. The molecule has 0 aliphatic carbocycles. The van der Waals surface area contributed by atoms with Crippen LogP contribution in [0.3, 0.4) is 0 Å². The molecule has 0 aliphatic heterocycles. The molecule has 0 radical (unpaired) electrons. The van der Waals surface area contributed by atoms with Crippen molar-refractivity contribution in [2.45, 2.75) is 19.4 Å². The van der Waals surface area contributed by atoms with Crippen molar-refractivity contribution in [1.29, 1.82) is 0 Å². The van der Waals surface area contributed by atoms with Crippen molar-refractivity contribution in [1.82, 2.24) is 10.2 Å². The van der Waals surface area contributed by atoms with Crippen LogP contribution in [-0.4, -0.2) is 44.7 Å². The van der Waals surface area contributed by atoms with Gasteiger partial charge in [-0.3, -0.25) is 4.99 Å². The maximum absolute atomic E-state index is 5.93. The molecule has 0 spiro atoms. The van der Waals surface area contributed by atoms with E-state index in [4.69, 9.17) is 10.5 Å². The molecule has 26 heavy (non-hydrogen) atoms. The van der Waals surface area contributed by atoms with Crippen LogP contribution in [-0.2, 0) is 13.0 Å². The molecule has 0 saturated carbocycles. The predicted molar refractivity (Wildman–Crippen MR) is 109 cm³/mol. The quantitative estimate of drug-likeness (QED) is 0.391. The Labute approximate surface area is 156 Å². The summed E-state index contributed by atoms with van der Waals surface area (Å²) in [5, 5.41) is 3.17. The lowest BCUT2D eigenvalue weighted by Gasteiger charge is -2.16. The third-order valence-corrected chi connectivity index (χ3v) is 4.15. The molecule has 2 rings (SSSR count). The van der Waals surface area contributed by atoms with Crippen molar-refractivity contribution in [3.63, 3.8) is 0 Å². The molecule has 5 nitrogen and oxygen atoms in total. The van der Waals surface area contributed by atoms with Crippen LogP contribution in [0.5, 0.6) is 5.75 Å². The fraction of sp³-hybridized carbons (Fsp3) is 0.381. The third-order valence-electron chi connectivity index (χ3n) is 4.15. The number of nitrogens with two attached hydrogens (primary N) is 1. The molecule has 0 aliphatic rings. The Balaban J connectivity index is 1.58. The first-order valence-electron chi connectivity index (χ1n) is 9.06. The second-order valence-corrected chi connectivity index (χ2v) is 6.37. The summed E-state index contributed by atoms with van der Waals surface area (Å²) >= 11 is 0. The lowest BCUT2D eigenvalue weighted by molar-refractivity contribution is 0.324. The van der Waals surface area contributed by atoms with E-state index in [1.165, 1.54) is 11.1 Å². The van der Waals surface area contributed by atoms with Gasteiger partial charge in [-0.25, -0.2) is 0 Å². The summed E-state index contributed by atoms with van der Waals surface area (Å²) in [6.45, 7) is 3.47. The van der Waals surface area contributed by atoms with E-state index in [-0.39, 0.29) is 0 Å². The van der Waals surface area contributed by atoms with Crippen LogP contribution in [0.2, 0.25) is 0 Å². The van der Waals surface area contributed by atoms with Crippen molar-refractivity contribution in [2.75, 3.05) is 33.8 Å². The topological polar surface area (TPSA) is 62.9 Å². The van der Waals surface area contributed by atoms with Crippen LogP contribution in [0.15, 0.2) is 59.6 Å². The largest absolute Gasteiger partial charge is 0.497 e. The standard InChI is InChI=1S/C21H30N4O/c1-25(17-19-7-4-3-5-8-19)16-6-14-23-21(22)24-15-13-18-9-11-20(26-2)12-10-18/h3-5,7-12H,6,13-17H2,1-2H3,(H3,22,23,24). The van der Waals surface area contributed by atoms with E-state index in [1.54, 1.807) is 7.11 Å². The highest BCUT2D eigenvalue weighted by Gasteiger charge is 2.00. The van der Waals surface area contributed by atoms with Crippen LogP contribution < -0.4 is 15.8 Å². The number of hydrogen-bond acceptors (Lipinski definition) is 3. The van der Waals surface area contributed by atoms with Gasteiger partial charge >= 0.3 is 0 Å². The van der Waals surface area contributed by atoms with Crippen LogP contribution in [0.25, 0.3) is 0 Å². The zero-order valence-corrected chi connectivity index (χ0v) is 15.8. The Morgan fingerprint density at radius 3 is 2.50 bits per heavy atom. The molecule has 2 aromatic carbocycles. The van der Waals surface area contributed by atoms with E-state index in [0.29, 0.717) is 5.96 Å². The maximum atomic E-state index is 5.93. The number of nitrogens with one attached hydrogen (secondary N) is 1. The molecule has 2 aromatic rings. The van der Waals surface area contributed by atoms with Crippen molar-refractivity contribution >= 4 is 5.96 Å². The van der Waals surface area contributed by atoms with Gasteiger partial charge < -0.3 is 20.7 Å². The van der Waals surface area contributed by atoms with Gasteiger partial charge in [0.1, 0.15) is 5.75 Å². The summed E-state index contributed by atoms with van der Waals surface area (Å²) in [7, 11) is 3.81. The van der Waals surface area contributed by atoms with E-state index in [1.807, 2.05) is 18.2 Å². The number of rotatable bonds is 10. The number of ether oxygens (including phenoxy) is 1. The first-order chi connectivity index (χ1) is 12.7. The van der Waals surface area contributed by atoms with Crippen LogP contribution in [0.1, 0.15) is 17.5 Å². The summed E-state index contributed by atoms with van der Waals surface area (Å²) in [5.74, 6) is 1.39. The lowest BCUT2D eigenvalue weighted by Crippen LogP contribution is -2.33. The van der Waals surface area contributed by atoms with Crippen molar-refractivity contribution in [3.8, 4) is 5.75 Å². The van der Waals surface area contributed by atoms with Crippen LogP contribution in [0, 0.1) is 0 Å². The average Bonchev–Trinajstić information content (AvgIpc) is 2.66. The Bertz CT molecular complexity index is 655. The highest BCUT2D eigenvalue weighted by Crippen LogP contribution is 2.11. The van der Waals surface area contributed by atoms with Gasteiger partial charge in [0.15, 0.2) is 5.96 Å². The summed E-state index contributed by atoms with van der Waals surface area (Å²) in [6.07, 6.45) is 1.89. The number of methoxy groups -OCH3 is 1. The molecule has 0 heterocycles. The summed E-state index contributed by atoms with van der Waals surface area (Å²) in [6, 6.07) is 18.6. The van der Waals surface area contributed by atoms with E-state index in [9.17, 15) is 0 Å². The van der Waals surface area contributed by atoms with E-state index >= 15 is 0 Å². The molecule has 0 aromatic heterocycles. The van der Waals surface area contributed by atoms with Gasteiger partial charge in [-0.2, -0.15) is 0 Å². The van der Waals surface area contributed by atoms with Crippen molar-refractivity contribution in [2.24, 2.45) is 10.7 Å². The van der Waals surface area contributed by atoms with Gasteiger partial charge in [0, 0.05) is 19.6 Å². The monoisotopic (exact) mass is 354 g/mol. The second-order valence-electron chi connectivity index (χ2n) is 6.37. The van der Waals surface area contributed by atoms with E-state index in [0.717, 1.165) is 44.8 Å². The van der Waals surface area contributed by atoms with Gasteiger partial charge in [-0.15, -0.1) is 0 Å². The number of hydrogen-bond donors (Lipinski definition) is 2. The smallest absolute Gasteiger partial charge is 0.188 e. The number of guanidine groups is 1. The van der Waals surface area contributed by atoms with Crippen molar-refractivity contribution in [3.05, 3.63) is 65.7 Å². The molecule has 5 heteroatoms. The fourth-order valence-electron chi connectivity index (χ4n) is 2.70. The minimum absolute atomic E-state index is 0.518. The Hall–Kier alpha value is -2.53. The SMILES string of the molecule is COc1ccc(CCNC(N)=NCCCN(C)Cc2ccccc2)cc1. The predicted octanol–water partition coefficient (Wildman–Crippen LogP) is 2.66. The van der Waals surface area contributed by atoms with Gasteiger partial charge in [-0.1, -0.05) is 42.5 Å². The lowest BCUT2D eigenvalue weighted by atomic mass is 10.1. The number of aliphatic imine (C=N–C) groups is 1. The van der Waals surface area contributed by atoms with Gasteiger partial charge in [0.25, 0.3) is 0 Å². The molecule has 0 atom stereocenters. The Kier molecular flexibility index (Phi) is 8.49. The molecule has 0 fully saturated rings. The highest BCUT2D eigenvalue weighted by atomic mass is 16.5. The number of benzene rings is 2. The molecule has 3 N–H and O–H groups in total. The maximum Gasteiger partial charge on any atom is 0.188 e. The molecule has 140 valence electrons. The van der Waals surface area contributed by atoms with Crippen LogP contribution in [0.4, 0.5) is 0 Å². The first kappa shape index (κ1) is 19.8. The molecule has 0 amide bonds. The second kappa shape index (κ2) is 11.2. The molecule has 0 bridgehead atoms. The zero-order valence-electron chi connectivity index (χ0n) is 15.8. The van der Waals surface area contributed by atoms with Gasteiger partial charge in [-0.05, 0) is 49.7 Å². The minimum Gasteiger partial charge on any atom is -0.497 e. The van der Waals surface area contributed by atoms with E-state index in [2.05, 4.69) is 58.7 Å². The van der Waals surface area contributed by atoms with Crippen LogP contribution >= 0.6 is 0 Å². The third kappa shape index (κ3) is 7.57. The Morgan fingerprint density at radius 2 is 1.81 bits per heavy atom. The minimum atomic E-state index is 0.518. The molecule has 0 saturated heterocycles. The van der Waals surface area contributed by atoms with Gasteiger partial charge in [0.05, 0.1) is 7.11 Å². The average molecular weight is 354 g/mol. The van der Waals surface area contributed by atoms with Crippen molar-refractivity contribution < 1.29 is 4.74 Å². The molecular formula is C21H30N4O.